The van der Waals surface area contributed by atoms with Gasteiger partial charge in [-0.25, -0.2) is 13.8 Å². The first-order valence-electron chi connectivity index (χ1n) is 7.51. The Bertz CT molecular complexity index is 841. The minimum absolute atomic E-state index is 0.0904. The van der Waals surface area contributed by atoms with Crippen molar-refractivity contribution in [1.29, 1.82) is 0 Å². The summed E-state index contributed by atoms with van der Waals surface area (Å²) in [5, 5.41) is 0. The first-order chi connectivity index (χ1) is 11.7. The van der Waals surface area contributed by atoms with Crippen molar-refractivity contribution >= 4 is 0 Å². The number of ether oxygens (including phenoxy) is 1. The fraction of sp³-hybridized carbons (Fsp3) is 0.167. The molecule has 0 aliphatic heterocycles. The summed E-state index contributed by atoms with van der Waals surface area (Å²) >= 11 is 0. The number of aromatic nitrogens is 3. The van der Waals surface area contributed by atoms with Gasteiger partial charge >= 0.3 is 0 Å². The van der Waals surface area contributed by atoms with Crippen LogP contribution < -0.4 is 4.74 Å². The normalized spacial score (nSPS) is 10.6. The molecule has 122 valence electrons. The third-order valence-electron chi connectivity index (χ3n) is 3.43. The molecule has 0 atom stereocenters. The number of hydrogen-bond acceptors (Lipinski definition) is 4. The Labute approximate surface area is 138 Å². The molecule has 0 fully saturated rings. The smallest absolute Gasteiger partial charge is 0.217 e. The van der Waals surface area contributed by atoms with Gasteiger partial charge in [0.1, 0.15) is 6.61 Å². The molecule has 0 aliphatic rings. The molecule has 0 aliphatic carbocycles. The monoisotopic (exact) mass is 327 g/mol. The van der Waals surface area contributed by atoms with Crippen LogP contribution in [0.5, 0.6) is 5.88 Å². The summed E-state index contributed by atoms with van der Waals surface area (Å²) < 4.78 is 31.8. The molecule has 0 amide bonds. The lowest BCUT2D eigenvalue weighted by molar-refractivity contribution is 0.292. The largest absolute Gasteiger partial charge is 0.473 e. The van der Waals surface area contributed by atoms with E-state index in [2.05, 4.69) is 15.0 Å². The van der Waals surface area contributed by atoms with E-state index in [0.717, 1.165) is 29.8 Å². The van der Waals surface area contributed by atoms with Crippen LogP contribution in [0.3, 0.4) is 0 Å². The molecule has 0 saturated heterocycles. The zero-order valence-electron chi connectivity index (χ0n) is 13.0. The van der Waals surface area contributed by atoms with E-state index in [1.54, 1.807) is 18.5 Å². The van der Waals surface area contributed by atoms with E-state index in [1.165, 1.54) is 6.07 Å². The van der Waals surface area contributed by atoms with Crippen LogP contribution >= 0.6 is 0 Å². The van der Waals surface area contributed by atoms with Gasteiger partial charge in [-0.05, 0) is 36.2 Å². The molecule has 0 spiro atoms. The lowest BCUT2D eigenvalue weighted by Gasteiger charge is -2.09. The SMILES string of the molecule is CCc1cc(OCc2ccc(F)c(F)c2)nc(-c2ccncc2)n1. The van der Waals surface area contributed by atoms with E-state index in [0.29, 0.717) is 17.3 Å². The molecular formula is C18H15F2N3O. The zero-order valence-corrected chi connectivity index (χ0v) is 13.0. The summed E-state index contributed by atoms with van der Waals surface area (Å²) in [6.45, 7) is 2.07. The zero-order chi connectivity index (χ0) is 16.9. The van der Waals surface area contributed by atoms with Crippen LogP contribution in [-0.4, -0.2) is 15.0 Å². The summed E-state index contributed by atoms with van der Waals surface area (Å²) in [6, 6.07) is 9.03. The summed E-state index contributed by atoms with van der Waals surface area (Å²) in [5.41, 5.74) is 2.19. The topological polar surface area (TPSA) is 47.9 Å². The second-order valence-corrected chi connectivity index (χ2v) is 5.15. The predicted molar refractivity (Wildman–Crippen MR) is 85.3 cm³/mol. The molecule has 0 saturated carbocycles. The molecule has 4 nitrogen and oxygen atoms in total. The number of rotatable bonds is 5. The summed E-state index contributed by atoms with van der Waals surface area (Å²) in [4.78, 5) is 12.8. The Hall–Kier alpha value is -2.89. The van der Waals surface area contributed by atoms with Crippen molar-refractivity contribution in [3.8, 4) is 17.3 Å². The van der Waals surface area contributed by atoms with Crippen LogP contribution in [0.1, 0.15) is 18.2 Å². The lowest BCUT2D eigenvalue weighted by atomic mass is 10.2. The molecule has 0 unspecified atom stereocenters. The van der Waals surface area contributed by atoms with E-state index >= 15 is 0 Å². The number of benzene rings is 1. The number of pyridine rings is 1. The first kappa shape index (κ1) is 16.0. The van der Waals surface area contributed by atoms with E-state index < -0.39 is 11.6 Å². The number of aryl methyl sites for hydroxylation is 1. The first-order valence-corrected chi connectivity index (χ1v) is 7.51. The minimum Gasteiger partial charge on any atom is -0.473 e. The fourth-order valence-corrected chi connectivity index (χ4v) is 2.14. The highest BCUT2D eigenvalue weighted by Crippen LogP contribution is 2.20. The van der Waals surface area contributed by atoms with Gasteiger partial charge in [-0.15, -0.1) is 0 Å². The molecule has 0 bridgehead atoms. The Morgan fingerprint density at radius 3 is 2.46 bits per heavy atom. The Balaban J connectivity index is 1.83. The van der Waals surface area contributed by atoms with Gasteiger partial charge in [-0.3, -0.25) is 4.98 Å². The van der Waals surface area contributed by atoms with Crippen LogP contribution in [0, 0.1) is 11.6 Å². The van der Waals surface area contributed by atoms with Gasteiger partial charge in [0.15, 0.2) is 17.5 Å². The van der Waals surface area contributed by atoms with Gasteiger partial charge in [0.2, 0.25) is 5.88 Å². The van der Waals surface area contributed by atoms with Gasteiger partial charge in [-0.1, -0.05) is 13.0 Å². The van der Waals surface area contributed by atoms with Crippen molar-refractivity contribution in [2.75, 3.05) is 0 Å². The maximum atomic E-state index is 13.2. The van der Waals surface area contributed by atoms with E-state index in [4.69, 9.17) is 4.74 Å². The average molecular weight is 327 g/mol. The number of hydrogen-bond donors (Lipinski definition) is 0. The van der Waals surface area contributed by atoms with Gasteiger partial charge < -0.3 is 4.74 Å². The van der Waals surface area contributed by atoms with Crippen LogP contribution in [0.4, 0.5) is 8.78 Å². The Kier molecular flexibility index (Phi) is 4.74. The maximum Gasteiger partial charge on any atom is 0.217 e. The highest BCUT2D eigenvalue weighted by molar-refractivity contribution is 5.54. The Morgan fingerprint density at radius 1 is 0.958 bits per heavy atom. The van der Waals surface area contributed by atoms with Gasteiger partial charge in [0.25, 0.3) is 0 Å². The van der Waals surface area contributed by atoms with Crippen LogP contribution in [0.2, 0.25) is 0 Å². The van der Waals surface area contributed by atoms with Crippen molar-refractivity contribution in [3.05, 3.63) is 71.7 Å². The fourth-order valence-electron chi connectivity index (χ4n) is 2.14. The predicted octanol–water partition coefficient (Wildman–Crippen LogP) is 3.96. The summed E-state index contributed by atoms with van der Waals surface area (Å²) in [6.07, 6.45) is 4.06. The molecule has 6 heteroatoms. The number of nitrogens with zero attached hydrogens (tertiary/aromatic N) is 3. The van der Waals surface area contributed by atoms with Gasteiger partial charge in [0, 0.05) is 29.7 Å². The molecule has 24 heavy (non-hydrogen) atoms. The summed E-state index contributed by atoms with van der Waals surface area (Å²) in [7, 11) is 0. The highest BCUT2D eigenvalue weighted by Gasteiger charge is 2.08. The third kappa shape index (κ3) is 3.71. The second kappa shape index (κ2) is 7.12. The average Bonchev–Trinajstić information content (AvgIpc) is 2.63. The third-order valence-corrected chi connectivity index (χ3v) is 3.43. The maximum absolute atomic E-state index is 13.2. The van der Waals surface area contributed by atoms with Crippen LogP contribution in [0.15, 0.2) is 48.8 Å². The molecule has 0 N–H and O–H groups in total. The van der Waals surface area contributed by atoms with Gasteiger partial charge in [-0.2, -0.15) is 4.98 Å². The lowest BCUT2D eigenvalue weighted by Crippen LogP contribution is -2.02. The minimum atomic E-state index is -0.898. The molecule has 1 aromatic carbocycles. The summed E-state index contributed by atoms with van der Waals surface area (Å²) in [5.74, 6) is -0.852. The van der Waals surface area contributed by atoms with E-state index in [9.17, 15) is 8.78 Å². The molecule has 0 radical (unpaired) electrons. The van der Waals surface area contributed by atoms with E-state index in [-0.39, 0.29) is 6.61 Å². The quantitative estimate of drug-likeness (QED) is 0.712. The van der Waals surface area contributed by atoms with Crippen LogP contribution in [0.25, 0.3) is 11.4 Å². The van der Waals surface area contributed by atoms with Crippen molar-refractivity contribution in [1.82, 2.24) is 15.0 Å². The molecule has 3 rings (SSSR count). The van der Waals surface area contributed by atoms with E-state index in [1.807, 2.05) is 19.1 Å². The molecule has 2 heterocycles. The molecule has 3 aromatic rings. The second-order valence-electron chi connectivity index (χ2n) is 5.15. The molecular weight excluding hydrogens is 312 g/mol. The highest BCUT2D eigenvalue weighted by atomic mass is 19.2. The number of halogens is 2. The van der Waals surface area contributed by atoms with Crippen molar-refractivity contribution in [2.45, 2.75) is 20.0 Å². The molecule has 2 aromatic heterocycles. The standard InChI is InChI=1S/C18H15F2N3O/c1-2-14-10-17(23-18(22-14)13-5-7-21-8-6-13)24-11-12-3-4-15(19)16(20)9-12/h3-10H,2,11H2,1H3. The Morgan fingerprint density at radius 2 is 1.75 bits per heavy atom. The van der Waals surface area contributed by atoms with Crippen molar-refractivity contribution in [2.24, 2.45) is 0 Å². The van der Waals surface area contributed by atoms with Crippen LogP contribution in [-0.2, 0) is 13.0 Å². The van der Waals surface area contributed by atoms with Crippen molar-refractivity contribution < 1.29 is 13.5 Å². The van der Waals surface area contributed by atoms with Crippen molar-refractivity contribution in [3.63, 3.8) is 0 Å². The van der Waals surface area contributed by atoms with Gasteiger partial charge in [0.05, 0.1) is 0 Å².